The Labute approximate surface area is 93.7 Å². The molecule has 0 atom stereocenters. The lowest BCUT2D eigenvalue weighted by Gasteiger charge is -2.09. The first-order valence-electron chi connectivity index (χ1n) is 4.51. The van der Waals surface area contributed by atoms with E-state index >= 15 is 0 Å². The van der Waals surface area contributed by atoms with E-state index in [4.69, 9.17) is 9.05 Å². The lowest BCUT2D eigenvalue weighted by atomic mass is 10.5. The highest BCUT2D eigenvalue weighted by Gasteiger charge is 2.12. The minimum absolute atomic E-state index is 0.312. The summed E-state index contributed by atoms with van der Waals surface area (Å²) in [6, 6.07) is 10.3. The number of pyridine rings is 2. The second-order valence-corrected chi connectivity index (χ2v) is 3.60. The van der Waals surface area contributed by atoms with Crippen molar-refractivity contribution < 1.29 is 13.9 Å². The first-order chi connectivity index (χ1) is 7.84. The molecule has 0 aromatic carbocycles. The average molecular weight is 236 g/mol. The van der Waals surface area contributed by atoms with E-state index in [0.717, 1.165) is 0 Å². The molecule has 0 saturated carbocycles. The third kappa shape index (κ3) is 3.15. The van der Waals surface area contributed by atoms with Crippen LogP contribution >= 0.6 is 8.60 Å². The van der Waals surface area contributed by atoms with Gasteiger partial charge >= 0.3 is 8.60 Å². The van der Waals surface area contributed by atoms with E-state index in [1.807, 2.05) is 0 Å². The van der Waals surface area contributed by atoms with Crippen LogP contribution in [-0.4, -0.2) is 14.9 Å². The highest BCUT2D eigenvalue weighted by atomic mass is 31.2. The van der Waals surface area contributed by atoms with Gasteiger partial charge in [0.25, 0.3) is 0 Å². The maximum Gasteiger partial charge on any atom is 0.462 e. The van der Waals surface area contributed by atoms with Crippen molar-refractivity contribution in [1.82, 2.24) is 9.97 Å². The molecule has 0 unspecified atom stereocenters. The number of hydrogen-bond donors (Lipinski definition) is 1. The fourth-order valence-electron chi connectivity index (χ4n) is 0.981. The molecule has 1 N–H and O–H groups in total. The molecule has 5 nitrogen and oxygen atoms in total. The predicted octanol–water partition coefficient (Wildman–Crippen LogP) is 2.15. The van der Waals surface area contributed by atoms with Gasteiger partial charge in [-0.15, -0.1) is 0 Å². The zero-order valence-electron chi connectivity index (χ0n) is 8.22. The Morgan fingerprint density at radius 1 is 0.875 bits per heavy atom. The van der Waals surface area contributed by atoms with Gasteiger partial charge in [-0.2, -0.15) is 0 Å². The zero-order chi connectivity index (χ0) is 11.2. The number of hydrogen-bond acceptors (Lipinski definition) is 5. The molecular formula is C10H9N2O3P. The van der Waals surface area contributed by atoms with Gasteiger partial charge in [-0.3, -0.25) is 0 Å². The minimum atomic E-state index is -2.06. The summed E-state index contributed by atoms with van der Waals surface area (Å²) >= 11 is 0. The molecule has 82 valence electrons. The Morgan fingerprint density at radius 3 is 1.75 bits per heavy atom. The van der Waals surface area contributed by atoms with Gasteiger partial charge in [0.1, 0.15) is 0 Å². The van der Waals surface area contributed by atoms with Crippen LogP contribution in [-0.2, 0) is 0 Å². The van der Waals surface area contributed by atoms with E-state index in [2.05, 4.69) is 9.97 Å². The van der Waals surface area contributed by atoms with Crippen LogP contribution in [0.5, 0.6) is 11.8 Å². The molecular weight excluding hydrogens is 227 g/mol. The molecule has 0 fully saturated rings. The molecule has 0 aliphatic carbocycles. The van der Waals surface area contributed by atoms with Crippen LogP contribution in [0, 0.1) is 0 Å². The van der Waals surface area contributed by atoms with E-state index in [-0.39, 0.29) is 0 Å². The van der Waals surface area contributed by atoms with Crippen molar-refractivity contribution in [3.05, 3.63) is 48.8 Å². The van der Waals surface area contributed by atoms with Crippen LogP contribution in [0.2, 0.25) is 0 Å². The summed E-state index contributed by atoms with van der Waals surface area (Å²) < 4.78 is 10.1. The molecule has 0 spiro atoms. The minimum Gasteiger partial charge on any atom is -0.399 e. The Bertz CT molecular complexity index is 385. The summed E-state index contributed by atoms with van der Waals surface area (Å²) in [6.45, 7) is 0. The van der Waals surface area contributed by atoms with E-state index in [1.54, 1.807) is 48.8 Å². The third-order valence-corrected chi connectivity index (χ3v) is 2.31. The van der Waals surface area contributed by atoms with Crippen LogP contribution < -0.4 is 9.05 Å². The summed E-state index contributed by atoms with van der Waals surface area (Å²) in [5.74, 6) is 0.624. The summed E-state index contributed by atoms with van der Waals surface area (Å²) in [6.07, 6.45) is 3.14. The van der Waals surface area contributed by atoms with E-state index in [0.29, 0.717) is 11.8 Å². The normalized spacial score (nSPS) is 10.1. The largest absolute Gasteiger partial charge is 0.462 e. The molecule has 0 radical (unpaired) electrons. The second kappa shape index (κ2) is 5.39. The number of aromatic nitrogens is 2. The van der Waals surface area contributed by atoms with Crippen molar-refractivity contribution in [3.8, 4) is 11.8 Å². The molecule has 6 heteroatoms. The van der Waals surface area contributed by atoms with Crippen molar-refractivity contribution in [2.24, 2.45) is 0 Å². The van der Waals surface area contributed by atoms with Crippen molar-refractivity contribution in [1.29, 1.82) is 0 Å². The highest BCUT2D eigenvalue weighted by molar-refractivity contribution is 7.41. The summed E-state index contributed by atoms with van der Waals surface area (Å²) in [4.78, 5) is 17.3. The van der Waals surface area contributed by atoms with Gasteiger partial charge in [0.15, 0.2) is 0 Å². The summed E-state index contributed by atoms with van der Waals surface area (Å²) in [7, 11) is -2.06. The van der Waals surface area contributed by atoms with Gasteiger partial charge in [0.05, 0.1) is 0 Å². The summed E-state index contributed by atoms with van der Waals surface area (Å²) in [5.41, 5.74) is 0. The zero-order valence-corrected chi connectivity index (χ0v) is 9.12. The SMILES string of the molecule is OP(Oc1ccccn1)Oc1ccccn1. The van der Waals surface area contributed by atoms with Gasteiger partial charge < -0.3 is 13.9 Å². The van der Waals surface area contributed by atoms with E-state index in [1.165, 1.54) is 0 Å². The third-order valence-electron chi connectivity index (χ3n) is 1.62. The van der Waals surface area contributed by atoms with Crippen molar-refractivity contribution >= 4 is 8.60 Å². The van der Waals surface area contributed by atoms with Crippen LogP contribution in [0.1, 0.15) is 0 Å². The Morgan fingerprint density at radius 2 is 1.38 bits per heavy atom. The fraction of sp³-hybridized carbons (Fsp3) is 0. The molecule has 0 amide bonds. The van der Waals surface area contributed by atoms with E-state index < -0.39 is 8.60 Å². The lowest BCUT2D eigenvalue weighted by molar-refractivity contribution is 0.370. The van der Waals surface area contributed by atoms with Crippen molar-refractivity contribution in [2.45, 2.75) is 0 Å². The van der Waals surface area contributed by atoms with Crippen LogP contribution in [0.15, 0.2) is 48.8 Å². The van der Waals surface area contributed by atoms with Gasteiger partial charge in [-0.1, -0.05) is 12.1 Å². The number of nitrogens with zero attached hydrogens (tertiary/aromatic N) is 2. The van der Waals surface area contributed by atoms with Crippen LogP contribution in [0.3, 0.4) is 0 Å². The molecule has 0 saturated heterocycles. The standard InChI is InChI=1S/C10H9N2O3P/c13-16(14-9-5-1-3-7-11-9)15-10-6-2-4-8-12-10/h1-8,13H. The number of rotatable bonds is 4. The summed E-state index contributed by atoms with van der Waals surface area (Å²) in [5, 5.41) is 0. The first kappa shape index (κ1) is 10.8. The Hall–Kier alpha value is -1.71. The predicted molar refractivity (Wildman–Crippen MR) is 58.9 cm³/mol. The molecule has 2 aromatic rings. The fourth-order valence-corrected chi connectivity index (χ4v) is 1.55. The van der Waals surface area contributed by atoms with Gasteiger partial charge in [0.2, 0.25) is 11.8 Å². The molecule has 2 aromatic heterocycles. The Balaban J connectivity index is 1.92. The monoisotopic (exact) mass is 236 g/mol. The van der Waals surface area contributed by atoms with E-state index in [9.17, 15) is 4.89 Å². The topological polar surface area (TPSA) is 64.5 Å². The molecule has 2 rings (SSSR count). The maximum absolute atomic E-state index is 9.50. The smallest absolute Gasteiger partial charge is 0.399 e. The highest BCUT2D eigenvalue weighted by Crippen LogP contribution is 2.34. The lowest BCUT2D eigenvalue weighted by Crippen LogP contribution is -1.96. The van der Waals surface area contributed by atoms with Crippen molar-refractivity contribution in [3.63, 3.8) is 0 Å². The average Bonchev–Trinajstić information content (AvgIpc) is 2.31. The van der Waals surface area contributed by atoms with Crippen LogP contribution in [0.25, 0.3) is 0 Å². The second-order valence-electron chi connectivity index (χ2n) is 2.76. The van der Waals surface area contributed by atoms with Crippen molar-refractivity contribution in [2.75, 3.05) is 0 Å². The molecule has 0 aliphatic heterocycles. The molecule has 0 aliphatic rings. The molecule has 0 bridgehead atoms. The quantitative estimate of drug-likeness (QED) is 0.824. The maximum atomic E-state index is 9.50. The molecule has 16 heavy (non-hydrogen) atoms. The van der Waals surface area contributed by atoms with Gasteiger partial charge in [-0.25, -0.2) is 9.97 Å². The molecule has 2 heterocycles. The van der Waals surface area contributed by atoms with Crippen LogP contribution in [0.4, 0.5) is 0 Å². The Kier molecular flexibility index (Phi) is 3.64. The van der Waals surface area contributed by atoms with Gasteiger partial charge in [0, 0.05) is 24.5 Å². The first-order valence-corrected chi connectivity index (χ1v) is 5.64. The van der Waals surface area contributed by atoms with Gasteiger partial charge in [-0.05, 0) is 12.1 Å².